The van der Waals surface area contributed by atoms with Gasteiger partial charge in [-0.05, 0) is 48.4 Å². The second-order valence-electron chi connectivity index (χ2n) is 6.09. The fourth-order valence-corrected chi connectivity index (χ4v) is 3.44. The summed E-state index contributed by atoms with van der Waals surface area (Å²) in [5.74, 6) is 7.50. The number of amides is 1. The normalized spacial score (nSPS) is 10.7. The Bertz CT molecular complexity index is 975. The largest absolute Gasteiger partial charge is 0.497 e. The van der Waals surface area contributed by atoms with E-state index in [0.717, 1.165) is 22.6 Å². The van der Waals surface area contributed by atoms with Gasteiger partial charge in [-0.25, -0.2) is 4.68 Å². The van der Waals surface area contributed by atoms with E-state index in [1.165, 1.54) is 16.4 Å². The number of carbonyl (C=O) groups is 1. The third-order valence-corrected chi connectivity index (χ3v) is 5.23. The molecule has 0 fully saturated rings. The van der Waals surface area contributed by atoms with Gasteiger partial charge in [-0.2, -0.15) is 0 Å². The van der Waals surface area contributed by atoms with Crippen LogP contribution in [0.5, 0.6) is 5.75 Å². The topological polar surface area (TPSA) is 95.1 Å². The minimum absolute atomic E-state index is 0.157. The Balaban J connectivity index is 1.58. The zero-order valence-corrected chi connectivity index (χ0v) is 17.0. The minimum Gasteiger partial charge on any atom is -0.497 e. The zero-order valence-electron chi connectivity index (χ0n) is 15.5. The van der Waals surface area contributed by atoms with Crippen LogP contribution in [0.4, 0.5) is 5.69 Å². The summed E-state index contributed by atoms with van der Waals surface area (Å²) >= 11 is 7.16. The number of methoxy groups -OCH3 is 1. The van der Waals surface area contributed by atoms with E-state index >= 15 is 0 Å². The van der Waals surface area contributed by atoms with Crippen LogP contribution in [0.1, 0.15) is 17.0 Å². The summed E-state index contributed by atoms with van der Waals surface area (Å²) in [5.41, 5.74) is 2.66. The fraction of sp³-hybridized carbons (Fsp3) is 0.211. The number of nitrogen functional groups attached to an aromatic ring is 1. The van der Waals surface area contributed by atoms with Crippen LogP contribution < -0.4 is 15.9 Å². The standard InChI is InChI=1S/C19H20ClN5O2S/c1-12-9-14(20)5-8-16(12)22-18(26)11-28-19-24-23-17(25(19)21)10-13-3-6-15(27-2)7-4-13/h3-9H,10-11,21H2,1-2H3,(H,22,26). The van der Waals surface area contributed by atoms with Crippen molar-refractivity contribution in [3.63, 3.8) is 0 Å². The van der Waals surface area contributed by atoms with Gasteiger partial charge in [0.2, 0.25) is 11.1 Å². The van der Waals surface area contributed by atoms with Crippen molar-refractivity contribution in [2.24, 2.45) is 0 Å². The van der Waals surface area contributed by atoms with Crippen LogP contribution in [0.2, 0.25) is 5.02 Å². The van der Waals surface area contributed by atoms with Crippen molar-refractivity contribution >= 4 is 35.0 Å². The average molecular weight is 418 g/mol. The Hall–Kier alpha value is -2.71. The Morgan fingerprint density at radius 3 is 2.68 bits per heavy atom. The van der Waals surface area contributed by atoms with E-state index in [1.807, 2.05) is 31.2 Å². The first-order valence-electron chi connectivity index (χ1n) is 8.47. The van der Waals surface area contributed by atoms with Crippen molar-refractivity contribution in [3.05, 3.63) is 64.4 Å². The molecule has 0 unspecified atom stereocenters. The number of ether oxygens (including phenoxy) is 1. The van der Waals surface area contributed by atoms with Crippen molar-refractivity contribution in [2.45, 2.75) is 18.5 Å². The van der Waals surface area contributed by atoms with Gasteiger partial charge >= 0.3 is 0 Å². The molecule has 0 saturated heterocycles. The van der Waals surface area contributed by atoms with Gasteiger partial charge in [0.05, 0.1) is 12.9 Å². The molecule has 3 rings (SSSR count). The molecule has 1 heterocycles. The number of nitrogens with zero attached hydrogens (tertiary/aromatic N) is 3. The summed E-state index contributed by atoms with van der Waals surface area (Å²) in [6.45, 7) is 1.89. The fourth-order valence-electron chi connectivity index (χ4n) is 2.54. The second kappa shape index (κ2) is 8.99. The molecular weight excluding hydrogens is 398 g/mol. The Kier molecular flexibility index (Phi) is 6.43. The summed E-state index contributed by atoms with van der Waals surface area (Å²) in [6, 6.07) is 13.0. The molecule has 0 spiro atoms. The molecule has 1 amide bonds. The molecule has 28 heavy (non-hydrogen) atoms. The molecule has 0 aliphatic carbocycles. The van der Waals surface area contributed by atoms with E-state index in [1.54, 1.807) is 25.3 Å². The van der Waals surface area contributed by atoms with Gasteiger partial charge in [-0.3, -0.25) is 4.79 Å². The van der Waals surface area contributed by atoms with Gasteiger partial charge in [0.15, 0.2) is 5.82 Å². The first kappa shape index (κ1) is 20.0. The van der Waals surface area contributed by atoms with E-state index in [0.29, 0.717) is 22.4 Å². The lowest BCUT2D eigenvalue weighted by molar-refractivity contribution is -0.113. The molecule has 3 N–H and O–H groups in total. The van der Waals surface area contributed by atoms with Gasteiger partial charge < -0.3 is 15.9 Å². The highest BCUT2D eigenvalue weighted by atomic mass is 35.5. The summed E-state index contributed by atoms with van der Waals surface area (Å²) in [5, 5.41) is 12.2. The highest BCUT2D eigenvalue weighted by Crippen LogP contribution is 2.21. The van der Waals surface area contributed by atoms with Crippen LogP contribution in [0.15, 0.2) is 47.6 Å². The number of benzene rings is 2. The molecule has 7 nitrogen and oxygen atoms in total. The molecule has 3 aromatic rings. The number of hydrogen-bond acceptors (Lipinski definition) is 6. The van der Waals surface area contributed by atoms with E-state index in [9.17, 15) is 4.79 Å². The highest BCUT2D eigenvalue weighted by Gasteiger charge is 2.13. The third kappa shape index (κ3) is 4.96. The Morgan fingerprint density at radius 2 is 2.00 bits per heavy atom. The third-order valence-electron chi connectivity index (χ3n) is 4.05. The first-order valence-corrected chi connectivity index (χ1v) is 9.83. The number of nitrogens with one attached hydrogen (secondary N) is 1. The molecule has 0 saturated carbocycles. The van der Waals surface area contributed by atoms with Crippen LogP contribution in [0.3, 0.4) is 0 Å². The summed E-state index contributed by atoms with van der Waals surface area (Å²) in [4.78, 5) is 12.2. The Labute approximate surface area is 172 Å². The molecule has 0 radical (unpaired) electrons. The van der Waals surface area contributed by atoms with Gasteiger partial charge in [0.25, 0.3) is 0 Å². The molecule has 0 atom stereocenters. The van der Waals surface area contributed by atoms with Crippen LogP contribution in [-0.2, 0) is 11.2 Å². The zero-order chi connectivity index (χ0) is 20.1. The number of aryl methyl sites for hydroxylation is 1. The minimum atomic E-state index is -0.157. The van der Waals surface area contributed by atoms with Crippen LogP contribution in [0, 0.1) is 6.92 Å². The van der Waals surface area contributed by atoms with Gasteiger partial charge in [-0.15, -0.1) is 10.2 Å². The van der Waals surface area contributed by atoms with E-state index in [4.69, 9.17) is 22.2 Å². The summed E-state index contributed by atoms with van der Waals surface area (Å²) in [7, 11) is 1.62. The molecule has 0 bridgehead atoms. The number of halogens is 1. The molecule has 0 aliphatic rings. The molecule has 146 valence electrons. The van der Waals surface area contributed by atoms with Gasteiger partial charge in [0.1, 0.15) is 5.75 Å². The lowest BCUT2D eigenvalue weighted by Crippen LogP contribution is -2.17. The summed E-state index contributed by atoms with van der Waals surface area (Å²) < 4.78 is 6.56. The molecule has 1 aromatic heterocycles. The van der Waals surface area contributed by atoms with Crippen molar-refractivity contribution in [1.29, 1.82) is 0 Å². The summed E-state index contributed by atoms with van der Waals surface area (Å²) in [6.07, 6.45) is 0.532. The predicted octanol–water partition coefficient (Wildman–Crippen LogP) is 3.28. The monoisotopic (exact) mass is 417 g/mol. The van der Waals surface area contributed by atoms with Crippen LogP contribution in [0.25, 0.3) is 0 Å². The highest BCUT2D eigenvalue weighted by molar-refractivity contribution is 7.99. The molecule has 9 heteroatoms. The molecule has 0 aliphatic heterocycles. The average Bonchev–Trinajstić information content (AvgIpc) is 3.02. The number of anilines is 1. The molecule has 2 aromatic carbocycles. The van der Waals surface area contributed by atoms with Crippen LogP contribution >= 0.6 is 23.4 Å². The van der Waals surface area contributed by atoms with Crippen LogP contribution in [-0.4, -0.2) is 33.6 Å². The van der Waals surface area contributed by atoms with E-state index in [-0.39, 0.29) is 11.7 Å². The van der Waals surface area contributed by atoms with Gasteiger partial charge in [-0.1, -0.05) is 35.5 Å². The second-order valence-corrected chi connectivity index (χ2v) is 7.47. The predicted molar refractivity (Wildman–Crippen MR) is 112 cm³/mol. The number of thioether (sulfide) groups is 1. The SMILES string of the molecule is COc1ccc(Cc2nnc(SCC(=O)Nc3ccc(Cl)cc3C)n2N)cc1. The van der Waals surface area contributed by atoms with E-state index in [2.05, 4.69) is 15.5 Å². The van der Waals surface area contributed by atoms with Gasteiger partial charge in [0, 0.05) is 17.1 Å². The number of hydrogen-bond donors (Lipinski definition) is 2. The van der Waals surface area contributed by atoms with Crippen molar-refractivity contribution in [1.82, 2.24) is 14.9 Å². The maximum Gasteiger partial charge on any atom is 0.234 e. The van der Waals surface area contributed by atoms with Crippen molar-refractivity contribution in [3.8, 4) is 5.75 Å². The Morgan fingerprint density at radius 1 is 1.25 bits per heavy atom. The quantitative estimate of drug-likeness (QED) is 0.452. The first-order chi connectivity index (χ1) is 13.5. The number of nitrogens with two attached hydrogens (primary N) is 1. The maximum atomic E-state index is 12.2. The van der Waals surface area contributed by atoms with E-state index < -0.39 is 0 Å². The van der Waals surface area contributed by atoms with Crippen molar-refractivity contribution < 1.29 is 9.53 Å². The molecular formula is C19H20ClN5O2S. The lowest BCUT2D eigenvalue weighted by atomic mass is 10.1. The maximum absolute atomic E-state index is 12.2. The number of rotatable bonds is 7. The van der Waals surface area contributed by atoms with Crippen molar-refractivity contribution in [2.75, 3.05) is 24.0 Å². The lowest BCUT2D eigenvalue weighted by Gasteiger charge is -2.08. The smallest absolute Gasteiger partial charge is 0.234 e. The number of aromatic nitrogens is 3. The number of carbonyl (C=O) groups excluding carboxylic acids is 1.